The maximum Gasteiger partial charge on any atom is 0.225 e. The van der Waals surface area contributed by atoms with Gasteiger partial charge in [-0.15, -0.1) is 0 Å². The van der Waals surface area contributed by atoms with E-state index < -0.39 is 0 Å². The number of hydrogen-bond donors (Lipinski definition) is 0. The number of pyridine rings is 1. The van der Waals surface area contributed by atoms with Gasteiger partial charge < -0.3 is 9.80 Å². The molecule has 4 heterocycles. The number of benzene rings is 1. The van der Waals surface area contributed by atoms with Gasteiger partial charge >= 0.3 is 0 Å². The molecule has 0 spiro atoms. The molecule has 3 aromatic rings. The Labute approximate surface area is 184 Å². The molecular weight excluding hydrogens is 384 g/mol. The number of aryl methyl sites for hydroxylation is 2. The molecule has 0 aliphatic carbocycles. The second-order valence-corrected chi connectivity index (χ2v) is 8.68. The molecule has 160 valence electrons. The molecule has 0 N–H and O–H groups in total. The number of aromatic nitrogens is 3. The molecule has 31 heavy (non-hydrogen) atoms. The highest BCUT2D eigenvalue weighted by Gasteiger charge is 2.23. The molecular formula is C25H30N6. The summed E-state index contributed by atoms with van der Waals surface area (Å²) in [6.45, 7) is 11.1. The summed E-state index contributed by atoms with van der Waals surface area (Å²) in [5.74, 6) is 1.93. The lowest BCUT2D eigenvalue weighted by Gasteiger charge is -2.36. The molecule has 1 aromatic carbocycles. The number of fused-ring (bicyclic) bond motifs is 1. The largest absolute Gasteiger partial charge is 0.353 e. The summed E-state index contributed by atoms with van der Waals surface area (Å²) in [5.41, 5.74) is 6.59. The third kappa shape index (κ3) is 4.39. The lowest BCUT2D eigenvalue weighted by molar-refractivity contribution is 0.243. The molecule has 0 atom stereocenters. The molecule has 6 nitrogen and oxygen atoms in total. The SMILES string of the molecule is Cc1ccc(CN2CCc3nc(N4CCN(c5ccccn5)CC4)ncc3C2)cc1C. The van der Waals surface area contributed by atoms with Gasteiger partial charge in [-0.1, -0.05) is 24.3 Å². The van der Waals surface area contributed by atoms with Crippen LogP contribution >= 0.6 is 0 Å². The van der Waals surface area contributed by atoms with Crippen LogP contribution in [0.25, 0.3) is 0 Å². The summed E-state index contributed by atoms with van der Waals surface area (Å²) >= 11 is 0. The van der Waals surface area contributed by atoms with E-state index in [0.717, 1.165) is 64.0 Å². The van der Waals surface area contributed by atoms with Gasteiger partial charge in [-0.25, -0.2) is 15.0 Å². The van der Waals surface area contributed by atoms with Crippen molar-refractivity contribution in [1.82, 2.24) is 19.9 Å². The summed E-state index contributed by atoms with van der Waals surface area (Å²) < 4.78 is 0. The molecule has 0 bridgehead atoms. The second-order valence-electron chi connectivity index (χ2n) is 8.68. The Balaban J connectivity index is 1.21. The molecule has 0 saturated carbocycles. The molecule has 6 heteroatoms. The van der Waals surface area contributed by atoms with Gasteiger partial charge in [-0.3, -0.25) is 4.90 Å². The summed E-state index contributed by atoms with van der Waals surface area (Å²) in [6.07, 6.45) is 4.90. The summed E-state index contributed by atoms with van der Waals surface area (Å²) in [4.78, 5) is 21.3. The third-order valence-corrected chi connectivity index (χ3v) is 6.51. The zero-order chi connectivity index (χ0) is 21.2. The van der Waals surface area contributed by atoms with Crippen LogP contribution in [0.1, 0.15) is 27.9 Å². The van der Waals surface area contributed by atoms with Crippen molar-refractivity contribution in [2.24, 2.45) is 0 Å². The Bertz CT molecular complexity index is 1040. The topological polar surface area (TPSA) is 48.4 Å². The van der Waals surface area contributed by atoms with Crippen LogP contribution < -0.4 is 9.80 Å². The fourth-order valence-electron chi connectivity index (χ4n) is 4.49. The van der Waals surface area contributed by atoms with E-state index in [0.29, 0.717) is 0 Å². The van der Waals surface area contributed by atoms with Gasteiger partial charge in [0.15, 0.2) is 0 Å². The first-order valence-corrected chi connectivity index (χ1v) is 11.2. The maximum absolute atomic E-state index is 4.96. The Hall–Kier alpha value is -2.99. The Morgan fingerprint density at radius 3 is 2.48 bits per heavy atom. The number of anilines is 2. The van der Waals surface area contributed by atoms with Crippen LogP contribution in [0, 0.1) is 13.8 Å². The van der Waals surface area contributed by atoms with Crippen molar-refractivity contribution in [2.75, 3.05) is 42.5 Å². The highest BCUT2D eigenvalue weighted by Crippen LogP contribution is 2.22. The van der Waals surface area contributed by atoms with Gasteiger partial charge in [0.2, 0.25) is 5.95 Å². The van der Waals surface area contributed by atoms with E-state index >= 15 is 0 Å². The van der Waals surface area contributed by atoms with Crippen molar-refractivity contribution < 1.29 is 0 Å². The van der Waals surface area contributed by atoms with Crippen molar-refractivity contribution in [3.05, 3.63) is 76.7 Å². The molecule has 0 amide bonds. The van der Waals surface area contributed by atoms with E-state index in [1.807, 2.05) is 18.3 Å². The third-order valence-electron chi connectivity index (χ3n) is 6.51. The van der Waals surface area contributed by atoms with E-state index in [2.05, 4.69) is 64.0 Å². The van der Waals surface area contributed by atoms with E-state index in [1.54, 1.807) is 0 Å². The first-order valence-electron chi connectivity index (χ1n) is 11.2. The first-order chi connectivity index (χ1) is 15.2. The van der Waals surface area contributed by atoms with Gasteiger partial charge in [0.1, 0.15) is 5.82 Å². The zero-order valence-electron chi connectivity index (χ0n) is 18.5. The molecule has 0 unspecified atom stereocenters. The van der Waals surface area contributed by atoms with E-state index in [9.17, 15) is 0 Å². The van der Waals surface area contributed by atoms with Gasteiger partial charge in [0, 0.05) is 70.2 Å². The summed E-state index contributed by atoms with van der Waals surface area (Å²) in [6, 6.07) is 12.9. The monoisotopic (exact) mass is 414 g/mol. The summed E-state index contributed by atoms with van der Waals surface area (Å²) in [7, 11) is 0. The van der Waals surface area contributed by atoms with Crippen molar-refractivity contribution in [3.8, 4) is 0 Å². The maximum atomic E-state index is 4.96. The zero-order valence-corrected chi connectivity index (χ0v) is 18.5. The minimum Gasteiger partial charge on any atom is -0.353 e. The molecule has 5 rings (SSSR count). The Morgan fingerprint density at radius 2 is 1.71 bits per heavy atom. The number of nitrogens with zero attached hydrogens (tertiary/aromatic N) is 6. The highest BCUT2D eigenvalue weighted by molar-refractivity contribution is 5.42. The fraction of sp³-hybridized carbons (Fsp3) is 0.400. The van der Waals surface area contributed by atoms with E-state index in [1.165, 1.54) is 27.9 Å². The highest BCUT2D eigenvalue weighted by atomic mass is 15.3. The van der Waals surface area contributed by atoms with Crippen molar-refractivity contribution >= 4 is 11.8 Å². The minimum atomic E-state index is 0.877. The average Bonchev–Trinajstić information content (AvgIpc) is 2.82. The second kappa shape index (κ2) is 8.63. The summed E-state index contributed by atoms with van der Waals surface area (Å²) in [5, 5.41) is 0. The Morgan fingerprint density at radius 1 is 0.871 bits per heavy atom. The van der Waals surface area contributed by atoms with E-state index in [-0.39, 0.29) is 0 Å². The first kappa shape index (κ1) is 19.9. The van der Waals surface area contributed by atoms with Gasteiger partial charge in [0.05, 0.1) is 5.69 Å². The normalized spacial score (nSPS) is 17.0. The molecule has 1 saturated heterocycles. The van der Waals surface area contributed by atoms with Crippen LogP contribution in [0.3, 0.4) is 0 Å². The number of rotatable bonds is 4. The van der Waals surface area contributed by atoms with Crippen LogP contribution in [0.15, 0.2) is 48.8 Å². The molecule has 0 radical (unpaired) electrons. The quantitative estimate of drug-likeness (QED) is 0.652. The standard InChI is InChI=1S/C25H30N6/c1-19-6-7-21(15-20(19)2)17-29-10-8-23-22(18-29)16-27-25(28-23)31-13-11-30(12-14-31)24-5-3-4-9-26-24/h3-7,9,15-16H,8,10-14,17-18H2,1-2H3. The fourth-order valence-corrected chi connectivity index (χ4v) is 4.49. The number of piperazine rings is 1. The predicted octanol–water partition coefficient (Wildman–Crippen LogP) is 3.37. The van der Waals surface area contributed by atoms with Crippen LogP contribution in [0.5, 0.6) is 0 Å². The number of hydrogen-bond acceptors (Lipinski definition) is 6. The minimum absolute atomic E-state index is 0.877. The average molecular weight is 415 g/mol. The van der Waals surface area contributed by atoms with Gasteiger partial charge in [-0.2, -0.15) is 0 Å². The lowest BCUT2D eigenvalue weighted by atomic mass is 10.0. The van der Waals surface area contributed by atoms with Crippen molar-refractivity contribution in [1.29, 1.82) is 0 Å². The van der Waals surface area contributed by atoms with Crippen LogP contribution in [-0.4, -0.2) is 52.6 Å². The lowest BCUT2D eigenvalue weighted by Crippen LogP contribution is -2.47. The van der Waals surface area contributed by atoms with Gasteiger partial charge in [-0.05, 0) is 42.7 Å². The van der Waals surface area contributed by atoms with Crippen LogP contribution in [0.2, 0.25) is 0 Å². The van der Waals surface area contributed by atoms with Crippen molar-refractivity contribution in [2.45, 2.75) is 33.4 Å². The molecule has 2 aromatic heterocycles. The van der Waals surface area contributed by atoms with Crippen molar-refractivity contribution in [3.63, 3.8) is 0 Å². The smallest absolute Gasteiger partial charge is 0.225 e. The molecule has 2 aliphatic heterocycles. The van der Waals surface area contributed by atoms with Crippen LogP contribution in [-0.2, 0) is 19.5 Å². The van der Waals surface area contributed by atoms with Crippen LogP contribution in [0.4, 0.5) is 11.8 Å². The molecule has 2 aliphatic rings. The van der Waals surface area contributed by atoms with Gasteiger partial charge in [0.25, 0.3) is 0 Å². The van der Waals surface area contributed by atoms with E-state index in [4.69, 9.17) is 9.97 Å². The predicted molar refractivity (Wildman–Crippen MR) is 124 cm³/mol. The Kier molecular flexibility index (Phi) is 5.55. The molecule has 1 fully saturated rings.